The minimum Gasteiger partial charge on any atom is -0.485 e. The number of anilines is 2. The van der Waals surface area contributed by atoms with Gasteiger partial charge in [0.15, 0.2) is 11.6 Å². The van der Waals surface area contributed by atoms with Crippen LogP contribution in [0.5, 0.6) is 5.75 Å². The van der Waals surface area contributed by atoms with Crippen LogP contribution in [0.3, 0.4) is 0 Å². The Bertz CT molecular complexity index is 692. The van der Waals surface area contributed by atoms with Crippen LogP contribution in [0.2, 0.25) is 0 Å². The summed E-state index contributed by atoms with van der Waals surface area (Å²) in [4.78, 5) is 24.3. The van der Waals surface area contributed by atoms with E-state index in [0.717, 1.165) is 18.0 Å². The van der Waals surface area contributed by atoms with Crippen molar-refractivity contribution in [2.75, 3.05) is 37.4 Å². The molecule has 3 heterocycles. The number of nitrogens with zero attached hydrogens (tertiary/aromatic N) is 4. The van der Waals surface area contributed by atoms with Crippen LogP contribution in [0.15, 0.2) is 42.9 Å². The number of carbonyl (C=O) groups is 1. The Balaban J connectivity index is 1.59. The molecule has 0 radical (unpaired) electrons. The molecule has 2 aromatic rings. The molecule has 0 aliphatic carbocycles. The molecule has 1 saturated heterocycles. The summed E-state index contributed by atoms with van der Waals surface area (Å²) in [7, 11) is 3.86. The number of pyridine rings is 2. The first kappa shape index (κ1) is 16.0. The Labute approximate surface area is 141 Å². The van der Waals surface area contributed by atoms with Gasteiger partial charge < -0.3 is 19.9 Å². The average Bonchev–Trinajstić information content (AvgIpc) is 3.05. The minimum absolute atomic E-state index is 0.0347. The van der Waals surface area contributed by atoms with Gasteiger partial charge in [-0.25, -0.2) is 9.78 Å². The second-order valence-electron chi connectivity index (χ2n) is 5.87. The molecule has 1 aliphatic rings. The average molecular weight is 327 g/mol. The summed E-state index contributed by atoms with van der Waals surface area (Å²) in [5, 5.41) is 2.85. The SMILES string of the molecule is CN(C)c1ncccc1OC1CCN(C(=O)Nc2cccnc2)C1. The molecule has 0 aromatic carbocycles. The van der Waals surface area contributed by atoms with Gasteiger partial charge in [-0.1, -0.05) is 0 Å². The topological polar surface area (TPSA) is 70.6 Å². The number of likely N-dealkylation sites (tertiary alicyclic amines) is 1. The van der Waals surface area contributed by atoms with E-state index in [1.807, 2.05) is 37.2 Å². The fraction of sp³-hybridized carbons (Fsp3) is 0.353. The molecule has 0 saturated carbocycles. The van der Waals surface area contributed by atoms with E-state index in [2.05, 4.69) is 15.3 Å². The standard InChI is InChI=1S/C17H21N5O2/c1-21(2)16-15(6-4-9-19-16)24-14-7-10-22(12-14)17(23)20-13-5-3-8-18-11-13/h3-6,8-9,11,14H,7,10,12H2,1-2H3,(H,20,23). The molecular weight excluding hydrogens is 306 g/mol. The van der Waals surface area contributed by atoms with Gasteiger partial charge in [0.25, 0.3) is 0 Å². The number of rotatable bonds is 4. The molecule has 24 heavy (non-hydrogen) atoms. The highest BCUT2D eigenvalue weighted by Gasteiger charge is 2.28. The van der Waals surface area contributed by atoms with Gasteiger partial charge in [-0.15, -0.1) is 0 Å². The molecule has 3 rings (SSSR count). The summed E-state index contributed by atoms with van der Waals surface area (Å²) in [6, 6.07) is 7.23. The third kappa shape index (κ3) is 3.73. The first-order valence-electron chi connectivity index (χ1n) is 7.88. The lowest BCUT2D eigenvalue weighted by Crippen LogP contribution is -2.34. The van der Waals surface area contributed by atoms with Gasteiger partial charge in [-0.2, -0.15) is 0 Å². The van der Waals surface area contributed by atoms with Crippen molar-refractivity contribution in [3.05, 3.63) is 42.9 Å². The Morgan fingerprint density at radius 1 is 1.33 bits per heavy atom. The van der Waals surface area contributed by atoms with E-state index < -0.39 is 0 Å². The quantitative estimate of drug-likeness (QED) is 0.932. The molecule has 7 nitrogen and oxygen atoms in total. The number of nitrogens with one attached hydrogen (secondary N) is 1. The molecular formula is C17H21N5O2. The highest BCUT2D eigenvalue weighted by Crippen LogP contribution is 2.26. The van der Waals surface area contributed by atoms with Gasteiger partial charge in [-0.05, 0) is 24.3 Å². The van der Waals surface area contributed by atoms with Gasteiger partial charge >= 0.3 is 6.03 Å². The van der Waals surface area contributed by atoms with Crippen molar-refractivity contribution < 1.29 is 9.53 Å². The summed E-state index contributed by atoms with van der Waals surface area (Å²) in [5.41, 5.74) is 0.689. The van der Waals surface area contributed by atoms with Crippen LogP contribution < -0.4 is 15.0 Å². The lowest BCUT2D eigenvalue weighted by Gasteiger charge is -2.20. The van der Waals surface area contributed by atoms with Crippen LogP contribution in [0.25, 0.3) is 0 Å². The summed E-state index contributed by atoms with van der Waals surface area (Å²) >= 11 is 0. The highest BCUT2D eigenvalue weighted by atomic mass is 16.5. The van der Waals surface area contributed by atoms with E-state index in [0.29, 0.717) is 18.8 Å². The third-order valence-electron chi connectivity index (χ3n) is 3.81. The van der Waals surface area contributed by atoms with Crippen molar-refractivity contribution in [3.63, 3.8) is 0 Å². The van der Waals surface area contributed by atoms with Gasteiger partial charge in [-0.3, -0.25) is 4.98 Å². The summed E-state index contributed by atoms with van der Waals surface area (Å²) < 4.78 is 6.06. The smallest absolute Gasteiger partial charge is 0.322 e. The maximum atomic E-state index is 12.3. The van der Waals surface area contributed by atoms with Gasteiger partial charge in [0.2, 0.25) is 0 Å². The largest absolute Gasteiger partial charge is 0.485 e. The predicted molar refractivity (Wildman–Crippen MR) is 92.4 cm³/mol. The first-order chi connectivity index (χ1) is 11.6. The second-order valence-corrected chi connectivity index (χ2v) is 5.87. The van der Waals surface area contributed by atoms with Crippen molar-refractivity contribution >= 4 is 17.5 Å². The van der Waals surface area contributed by atoms with Crippen molar-refractivity contribution in [2.45, 2.75) is 12.5 Å². The molecule has 0 spiro atoms. The van der Waals surface area contributed by atoms with E-state index in [1.54, 1.807) is 29.6 Å². The number of urea groups is 1. The van der Waals surface area contributed by atoms with Gasteiger partial charge in [0.05, 0.1) is 18.4 Å². The lowest BCUT2D eigenvalue weighted by molar-refractivity contribution is 0.195. The molecule has 1 atom stereocenters. The van der Waals surface area contributed by atoms with Crippen LogP contribution in [-0.4, -0.2) is 54.2 Å². The normalized spacial score (nSPS) is 16.8. The van der Waals surface area contributed by atoms with E-state index in [1.165, 1.54) is 0 Å². The number of ether oxygens (including phenoxy) is 1. The highest BCUT2D eigenvalue weighted by molar-refractivity contribution is 5.89. The van der Waals surface area contributed by atoms with Gasteiger partial charge in [0.1, 0.15) is 6.10 Å². The van der Waals surface area contributed by atoms with Crippen LogP contribution in [0, 0.1) is 0 Å². The molecule has 2 aromatic heterocycles. The van der Waals surface area contributed by atoms with Crippen molar-refractivity contribution in [2.24, 2.45) is 0 Å². The molecule has 1 aliphatic heterocycles. The molecule has 7 heteroatoms. The zero-order valence-corrected chi connectivity index (χ0v) is 13.8. The Kier molecular flexibility index (Phi) is 4.79. The molecule has 126 valence electrons. The monoisotopic (exact) mass is 327 g/mol. The van der Waals surface area contributed by atoms with Crippen LogP contribution in [0.1, 0.15) is 6.42 Å². The fourth-order valence-electron chi connectivity index (χ4n) is 2.64. The number of carbonyl (C=O) groups excluding carboxylic acids is 1. The Hall–Kier alpha value is -2.83. The maximum absolute atomic E-state index is 12.3. The molecule has 1 N–H and O–H groups in total. The molecule has 1 fully saturated rings. The first-order valence-corrected chi connectivity index (χ1v) is 7.88. The van der Waals surface area contributed by atoms with Crippen LogP contribution in [0.4, 0.5) is 16.3 Å². The molecule has 1 unspecified atom stereocenters. The zero-order chi connectivity index (χ0) is 16.9. The van der Waals surface area contributed by atoms with E-state index in [4.69, 9.17) is 4.74 Å². The maximum Gasteiger partial charge on any atom is 0.322 e. The fourth-order valence-corrected chi connectivity index (χ4v) is 2.64. The number of amides is 2. The Morgan fingerprint density at radius 3 is 2.92 bits per heavy atom. The molecule has 2 amide bonds. The summed E-state index contributed by atoms with van der Waals surface area (Å²) in [5.74, 6) is 1.53. The van der Waals surface area contributed by atoms with Crippen molar-refractivity contribution in [1.29, 1.82) is 0 Å². The van der Waals surface area contributed by atoms with Crippen molar-refractivity contribution in [3.8, 4) is 5.75 Å². The summed E-state index contributed by atoms with van der Waals surface area (Å²) in [6.45, 7) is 1.21. The van der Waals surface area contributed by atoms with Gasteiger partial charge in [0, 0.05) is 39.5 Å². The van der Waals surface area contributed by atoms with E-state index >= 15 is 0 Å². The minimum atomic E-state index is -0.131. The third-order valence-corrected chi connectivity index (χ3v) is 3.81. The molecule has 0 bridgehead atoms. The van der Waals surface area contributed by atoms with Crippen LogP contribution in [-0.2, 0) is 0 Å². The predicted octanol–water partition coefficient (Wildman–Crippen LogP) is 2.23. The number of hydrogen-bond acceptors (Lipinski definition) is 5. The van der Waals surface area contributed by atoms with E-state index in [9.17, 15) is 4.79 Å². The zero-order valence-electron chi connectivity index (χ0n) is 13.8. The number of aromatic nitrogens is 2. The number of hydrogen-bond donors (Lipinski definition) is 1. The summed E-state index contributed by atoms with van der Waals surface area (Å²) in [6.07, 6.45) is 5.80. The Morgan fingerprint density at radius 2 is 2.17 bits per heavy atom. The second kappa shape index (κ2) is 7.16. The lowest BCUT2D eigenvalue weighted by atomic mass is 10.3. The van der Waals surface area contributed by atoms with Crippen LogP contribution >= 0.6 is 0 Å². The van der Waals surface area contributed by atoms with E-state index in [-0.39, 0.29) is 12.1 Å². The van der Waals surface area contributed by atoms with Crippen molar-refractivity contribution in [1.82, 2.24) is 14.9 Å².